The Kier molecular flexibility index (Phi) is 34.9. The first-order valence-electron chi connectivity index (χ1n) is 20.0. The molecule has 0 amide bonds. The molecule has 0 saturated carbocycles. The van der Waals surface area contributed by atoms with Crippen LogP contribution >= 0.6 is 0 Å². The van der Waals surface area contributed by atoms with Crippen LogP contribution in [0.5, 0.6) is 0 Å². The first kappa shape index (κ1) is 47.7. The minimum absolute atomic E-state index is 0.00263. The molecule has 0 bridgehead atoms. The smallest absolute Gasteiger partial charge is 0.306 e. The number of rotatable bonds is 35. The number of carbonyl (C=O) groups is 2. The van der Waals surface area contributed by atoms with Crippen molar-refractivity contribution in [1.29, 1.82) is 0 Å². The minimum Gasteiger partial charge on any atom is -0.462 e. The summed E-state index contributed by atoms with van der Waals surface area (Å²) in [6.45, 7) is 3.75. The summed E-state index contributed by atoms with van der Waals surface area (Å²) in [5, 5.41) is 39.7. The van der Waals surface area contributed by atoms with E-state index in [4.69, 9.17) is 9.47 Å². The number of unbranched alkanes of at least 4 members (excludes halogenated alkanes) is 17. The fourth-order valence-corrected chi connectivity index (χ4v) is 5.53. The average molecular weight is 707 g/mol. The number of aliphatic hydroxyl groups is 4. The Morgan fingerprint density at radius 3 is 1.54 bits per heavy atom. The number of hydrogen-bond acceptors (Lipinski definition) is 8. The summed E-state index contributed by atoms with van der Waals surface area (Å²) in [6.07, 6.45) is 35.4. The fraction of sp³-hybridized carbons (Fsp3) is 0.762. The highest BCUT2D eigenvalue weighted by molar-refractivity contribution is 5.70. The van der Waals surface area contributed by atoms with Crippen molar-refractivity contribution in [3.63, 3.8) is 0 Å². The Hall–Kier alpha value is -2.26. The van der Waals surface area contributed by atoms with Crippen LogP contribution in [0.4, 0.5) is 0 Å². The van der Waals surface area contributed by atoms with Crippen LogP contribution in [0.25, 0.3) is 0 Å². The molecule has 8 heteroatoms. The summed E-state index contributed by atoms with van der Waals surface area (Å²) in [5.41, 5.74) is 0. The summed E-state index contributed by atoms with van der Waals surface area (Å²) in [6, 6.07) is 0. The Labute approximate surface area is 305 Å². The SMILES string of the molecule is CCCCCCCCCCCCCCCCCCC(=O)OC[C@H](CO)OC(=O)CCC[C@H](O)[C@@H](O)/C=C/C=C/C=C\C=C\[C@@H](O)CCCCC. The van der Waals surface area contributed by atoms with E-state index in [9.17, 15) is 30.0 Å². The predicted octanol–water partition coefficient (Wildman–Crippen LogP) is 9.14. The van der Waals surface area contributed by atoms with Crippen LogP contribution in [0.3, 0.4) is 0 Å². The number of hydrogen-bond donors (Lipinski definition) is 4. The fourth-order valence-electron chi connectivity index (χ4n) is 5.53. The zero-order valence-corrected chi connectivity index (χ0v) is 31.7. The largest absolute Gasteiger partial charge is 0.462 e. The molecule has 0 aliphatic heterocycles. The molecule has 4 atom stereocenters. The first-order chi connectivity index (χ1) is 24.3. The molecular weight excluding hydrogens is 632 g/mol. The molecule has 50 heavy (non-hydrogen) atoms. The molecule has 0 aliphatic rings. The zero-order chi connectivity index (χ0) is 36.9. The molecular formula is C42H74O8. The van der Waals surface area contributed by atoms with E-state index < -0.39 is 37.0 Å². The Balaban J connectivity index is 3.89. The van der Waals surface area contributed by atoms with Crippen LogP contribution in [-0.4, -0.2) is 70.0 Å². The standard InChI is InChI=1S/C42H74O8/c1-3-5-7-8-9-10-11-12-13-14-15-16-17-18-23-27-33-41(47)49-36-38(35-43)50-42(48)34-28-32-40(46)39(45)31-26-22-20-19-21-25-30-37(44)29-24-6-4-2/h19-22,25-26,30-31,37-40,43-46H,3-18,23-24,27-29,32-36H2,1-2H3/b21-19-,22-20+,30-25+,31-26+/t37-,38-,39-,40-/m0/s1. The van der Waals surface area contributed by atoms with Gasteiger partial charge in [-0.3, -0.25) is 9.59 Å². The van der Waals surface area contributed by atoms with Crippen molar-refractivity contribution in [2.24, 2.45) is 0 Å². The normalized spacial score (nSPS) is 14.6. The molecule has 4 N–H and O–H groups in total. The highest BCUT2D eigenvalue weighted by Gasteiger charge is 2.18. The van der Waals surface area contributed by atoms with Crippen LogP contribution < -0.4 is 0 Å². The number of esters is 2. The second-order valence-electron chi connectivity index (χ2n) is 13.6. The van der Waals surface area contributed by atoms with Gasteiger partial charge in [-0.2, -0.15) is 0 Å². The van der Waals surface area contributed by atoms with Gasteiger partial charge in [-0.1, -0.05) is 178 Å². The second-order valence-corrected chi connectivity index (χ2v) is 13.6. The lowest BCUT2D eigenvalue weighted by molar-refractivity contribution is -0.161. The maximum Gasteiger partial charge on any atom is 0.306 e. The van der Waals surface area contributed by atoms with E-state index in [0.717, 1.165) is 44.9 Å². The van der Waals surface area contributed by atoms with Crippen LogP contribution in [0.1, 0.15) is 168 Å². The molecule has 0 fully saturated rings. The molecule has 0 unspecified atom stereocenters. The van der Waals surface area contributed by atoms with Crippen LogP contribution in [0.15, 0.2) is 48.6 Å². The van der Waals surface area contributed by atoms with Gasteiger partial charge >= 0.3 is 11.9 Å². The number of ether oxygens (including phenoxy) is 2. The molecule has 0 saturated heterocycles. The van der Waals surface area contributed by atoms with Gasteiger partial charge in [0.05, 0.1) is 24.9 Å². The van der Waals surface area contributed by atoms with Crippen LogP contribution in [0, 0.1) is 0 Å². The van der Waals surface area contributed by atoms with Crippen LogP contribution in [0.2, 0.25) is 0 Å². The number of carbonyl (C=O) groups excluding carboxylic acids is 2. The van der Waals surface area contributed by atoms with E-state index in [0.29, 0.717) is 6.42 Å². The molecule has 0 aromatic carbocycles. The number of allylic oxidation sites excluding steroid dienone is 6. The van der Waals surface area contributed by atoms with Crippen molar-refractivity contribution in [3.8, 4) is 0 Å². The molecule has 0 aromatic rings. The first-order valence-corrected chi connectivity index (χ1v) is 20.0. The predicted molar refractivity (Wildman–Crippen MR) is 205 cm³/mol. The van der Waals surface area contributed by atoms with Gasteiger partial charge in [-0.05, 0) is 25.7 Å². The third-order valence-electron chi connectivity index (χ3n) is 8.74. The van der Waals surface area contributed by atoms with E-state index in [1.165, 1.54) is 89.5 Å². The van der Waals surface area contributed by atoms with Gasteiger partial charge in [0.1, 0.15) is 6.61 Å². The van der Waals surface area contributed by atoms with Crippen molar-refractivity contribution in [1.82, 2.24) is 0 Å². The van der Waals surface area contributed by atoms with Crippen LogP contribution in [-0.2, 0) is 19.1 Å². The van der Waals surface area contributed by atoms with Gasteiger partial charge in [0, 0.05) is 12.8 Å². The highest BCUT2D eigenvalue weighted by atomic mass is 16.6. The minimum atomic E-state index is -1.09. The third-order valence-corrected chi connectivity index (χ3v) is 8.74. The van der Waals surface area contributed by atoms with Gasteiger partial charge < -0.3 is 29.9 Å². The Bertz CT molecular complexity index is 896. The van der Waals surface area contributed by atoms with Gasteiger partial charge in [0.25, 0.3) is 0 Å². The number of aliphatic hydroxyl groups excluding tert-OH is 4. The summed E-state index contributed by atoms with van der Waals surface area (Å²) in [5.74, 6) is -0.918. The lowest BCUT2D eigenvalue weighted by Gasteiger charge is -2.17. The van der Waals surface area contributed by atoms with E-state index >= 15 is 0 Å². The summed E-state index contributed by atoms with van der Waals surface area (Å²) in [7, 11) is 0. The van der Waals surface area contributed by atoms with Crippen molar-refractivity contribution in [3.05, 3.63) is 48.6 Å². The second kappa shape index (κ2) is 36.5. The highest BCUT2D eigenvalue weighted by Crippen LogP contribution is 2.15. The molecule has 0 aromatic heterocycles. The van der Waals surface area contributed by atoms with E-state index in [-0.39, 0.29) is 31.8 Å². The lowest BCUT2D eigenvalue weighted by Crippen LogP contribution is -2.29. The molecule has 0 rings (SSSR count). The van der Waals surface area contributed by atoms with E-state index in [2.05, 4.69) is 13.8 Å². The molecule has 0 heterocycles. The van der Waals surface area contributed by atoms with Crippen molar-refractivity contribution in [2.75, 3.05) is 13.2 Å². The van der Waals surface area contributed by atoms with Gasteiger partial charge in [0.15, 0.2) is 6.10 Å². The summed E-state index contributed by atoms with van der Waals surface area (Å²) in [4.78, 5) is 24.3. The zero-order valence-electron chi connectivity index (χ0n) is 31.7. The van der Waals surface area contributed by atoms with E-state index in [1.807, 2.05) is 6.08 Å². The quantitative estimate of drug-likeness (QED) is 0.0291. The summed E-state index contributed by atoms with van der Waals surface area (Å²) < 4.78 is 10.4. The molecule has 0 radical (unpaired) electrons. The Morgan fingerprint density at radius 1 is 0.540 bits per heavy atom. The Morgan fingerprint density at radius 2 is 1.00 bits per heavy atom. The molecule has 0 aliphatic carbocycles. The maximum atomic E-state index is 12.2. The van der Waals surface area contributed by atoms with Gasteiger partial charge in [-0.15, -0.1) is 0 Å². The molecule has 8 nitrogen and oxygen atoms in total. The maximum absolute atomic E-state index is 12.2. The topological polar surface area (TPSA) is 134 Å². The average Bonchev–Trinajstić information content (AvgIpc) is 3.10. The summed E-state index contributed by atoms with van der Waals surface area (Å²) >= 11 is 0. The third kappa shape index (κ3) is 32.9. The van der Waals surface area contributed by atoms with Gasteiger partial charge in [0.2, 0.25) is 0 Å². The van der Waals surface area contributed by atoms with Crippen molar-refractivity contribution >= 4 is 11.9 Å². The van der Waals surface area contributed by atoms with Crippen molar-refractivity contribution < 1.29 is 39.5 Å². The van der Waals surface area contributed by atoms with E-state index in [1.54, 1.807) is 36.5 Å². The molecule has 0 spiro atoms. The molecule has 290 valence electrons. The van der Waals surface area contributed by atoms with Crippen molar-refractivity contribution in [2.45, 2.75) is 192 Å². The lowest BCUT2D eigenvalue weighted by atomic mass is 10.0. The van der Waals surface area contributed by atoms with Gasteiger partial charge in [-0.25, -0.2) is 0 Å². The monoisotopic (exact) mass is 707 g/mol.